The fourth-order valence-corrected chi connectivity index (χ4v) is 4.01. The minimum absolute atomic E-state index is 0.0844. The average Bonchev–Trinajstić information content (AvgIpc) is 2.88. The van der Waals surface area contributed by atoms with E-state index in [1.165, 1.54) is 5.48 Å². The Morgan fingerprint density at radius 2 is 1.50 bits per heavy atom. The van der Waals surface area contributed by atoms with Gasteiger partial charge in [-0.05, 0) is 40.8 Å². The van der Waals surface area contributed by atoms with Crippen LogP contribution in [0.3, 0.4) is 0 Å². The number of rotatable bonds is 11. The van der Waals surface area contributed by atoms with Gasteiger partial charge in [-0.25, -0.2) is 9.87 Å². The number of para-hydroxylation sites is 1. The monoisotopic (exact) mass is 493 g/mol. The zero-order chi connectivity index (χ0) is 26.1. The Bertz CT molecular complexity index is 1190. The van der Waals surface area contributed by atoms with E-state index in [0.717, 1.165) is 16.3 Å². The molecule has 3 amide bonds. The minimum Gasteiger partial charge on any atom is -0.344 e. The van der Waals surface area contributed by atoms with Gasteiger partial charge in [-0.3, -0.25) is 19.6 Å². The van der Waals surface area contributed by atoms with Gasteiger partial charge in [-0.1, -0.05) is 80.9 Å². The predicted octanol–water partition coefficient (Wildman–Crippen LogP) is 4.40. The Morgan fingerprint density at radius 3 is 2.17 bits per heavy atom. The molecule has 7 nitrogen and oxygen atoms in total. The molecule has 0 bridgehead atoms. The Labute approximate surface area is 210 Å². The van der Waals surface area contributed by atoms with E-state index in [-0.39, 0.29) is 18.8 Å². The molecule has 0 spiro atoms. The SMILES string of the molecule is CC(C)CC[C@@H](C(=O)N[C@@H](Cc1ccc2ccccc2c1)C(=O)Nc1ccccc1)[C@@H](F)C(=O)NO. The van der Waals surface area contributed by atoms with Gasteiger partial charge in [0.05, 0.1) is 5.92 Å². The van der Waals surface area contributed by atoms with Crippen LogP contribution in [0, 0.1) is 11.8 Å². The highest BCUT2D eigenvalue weighted by Gasteiger charge is 2.35. The van der Waals surface area contributed by atoms with Crippen LogP contribution >= 0.6 is 0 Å². The lowest BCUT2D eigenvalue weighted by Gasteiger charge is -2.24. The first kappa shape index (κ1) is 26.8. The molecule has 3 atom stereocenters. The number of hydrogen-bond donors (Lipinski definition) is 4. The second-order valence-electron chi connectivity index (χ2n) is 9.26. The molecule has 0 saturated heterocycles. The van der Waals surface area contributed by atoms with E-state index in [1.54, 1.807) is 24.3 Å². The van der Waals surface area contributed by atoms with Crippen molar-refractivity contribution in [2.45, 2.75) is 45.3 Å². The van der Waals surface area contributed by atoms with Crippen molar-refractivity contribution >= 4 is 34.2 Å². The molecule has 0 aromatic heterocycles. The normalized spacial score (nSPS) is 13.6. The molecule has 36 heavy (non-hydrogen) atoms. The zero-order valence-corrected chi connectivity index (χ0v) is 20.4. The van der Waals surface area contributed by atoms with Crippen LogP contribution in [-0.2, 0) is 20.8 Å². The highest BCUT2D eigenvalue weighted by Crippen LogP contribution is 2.21. The van der Waals surface area contributed by atoms with E-state index in [0.29, 0.717) is 12.1 Å². The summed E-state index contributed by atoms with van der Waals surface area (Å²) in [6.45, 7) is 3.84. The molecule has 8 heteroatoms. The van der Waals surface area contributed by atoms with Crippen LogP contribution in [0.2, 0.25) is 0 Å². The van der Waals surface area contributed by atoms with Gasteiger partial charge >= 0.3 is 0 Å². The van der Waals surface area contributed by atoms with Crippen LogP contribution in [0.5, 0.6) is 0 Å². The Balaban J connectivity index is 1.86. The van der Waals surface area contributed by atoms with Crippen LogP contribution < -0.4 is 16.1 Å². The number of benzene rings is 3. The fraction of sp³-hybridized carbons (Fsp3) is 0.321. The summed E-state index contributed by atoms with van der Waals surface area (Å²) in [6, 6.07) is 21.3. The number of hydroxylamine groups is 1. The summed E-state index contributed by atoms with van der Waals surface area (Å²) in [5.74, 6) is -3.71. The van der Waals surface area contributed by atoms with Gasteiger partial charge in [-0.15, -0.1) is 0 Å². The third kappa shape index (κ3) is 7.36. The standard InChI is InChI=1S/C28H32FN3O4/c1-18(2)12-15-23(25(29)28(35)32-36)26(33)31-24(27(34)30-22-10-4-3-5-11-22)17-19-13-14-20-8-6-7-9-21(20)16-19/h3-11,13-14,16,18,23-25,36H,12,15,17H2,1-2H3,(H,30,34)(H,31,33)(H,32,35)/t23-,24+,25-/m1/s1. The summed E-state index contributed by atoms with van der Waals surface area (Å²) in [7, 11) is 0. The van der Waals surface area contributed by atoms with Gasteiger partial charge in [0.15, 0.2) is 6.17 Å². The maximum absolute atomic E-state index is 14.8. The zero-order valence-electron chi connectivity index (χ0n) is 20.4. The number of hydrogen-bond acceptors (Lipinski definition) is 4. The van der Waals surface area contributed by atoms with Gasteiger partial charge in [0.1, 0.15) is 6.04 Å². The first-order chi connectivity index (χ1) is 17.3. The molecule has 3 aromatic rings. The molecule has 0 aliphatic heterocycles. The molecule has 190 valence electrons. The Kier molecular flexibility index (Phi) is 9.53. The lowest BCUT2D eigenvalue weighted by Crippen LogP contribution is -2.50. The second kappa shape index (κ2) is 12.8. The maximum Gasteiger partial charge on any atom is 0.278 e. The summed E-state index contributed by atoms with van der Waals surface area (Å²) in [5, 5.41) is 16.4. The number of fused-ring (bicyclic) bond motifs is 1. The molecule has 0 aliphatic carbocycles. The van der Waals surface area contributed by atoms with E-state index in [9.17, 15) is 18.8 Å². The summed E-state index contributed by atoms with van der Waals surface area (Å²) >= 11 is 0. The number of halogens is 1. The number of alkyl halides is 1. The summed E-state index contributed by atoms with van der Waals surface area (Å²) in [5.41, 5.74) is 2.65. The molecule has 0 fully saturated rings. The van der Waals surface area contributed by atoms with Crippen molar-refractivity contribution in [2.75, 3.05) is 5.32 Å². The third-order valence-electron chi connectivity index (χ3n) is 6.03. The molecule has 0 aliphatic rings. The van der Waals surface area contributed by atoms with Gasteiger partial charge in [-0.2, -0.15) is 0 Å². The van der Waals surface area contributed by atoms with Crippen LogP contribution in [-0.4, -0.2) is 35.1 Å². The molecule has 0 unspecified atom stereocenters. The topological polar surface area (TPSA) is 108 Å². The van der Waals surface area contributed by atoms with Crippen molar-refractivity contribution in [1.82, 2.24) is 10.8 Å². The van der Waals surface area contributed by atoms with Crippen LogP contribution in [0.25, 0.3) is 10.8 Å². The fourth-order valence-electron chi connectivity index (χ4n) is 4.01. The van der Waals surface area contributed by atoms with E-state index < -0.39 is 35.9 Å². The molecule has 3 rings (SSSR count). The number of anilines is 1. The highest BCUT2D eigenvalue weighted by molar-refractivity contribution is 5.98. The van der Waals surface area contributed by atoms with Crippen molar-refractivity contribution in [3.8, 4) is 0 Å². The van der Waals surface area contributed by atoms with Gasteiger partial charge in [0.25, 0.3) is 5.91 Å². The van der Waals surface area contributed by atoms with Crippen molar-refractivity contribution in [3.05, 3.63) is 78.4 Å². The van der Waals surface area contributed by atoms with Crippen molar-refractivity contribution in [1.29, 1.82) is 0 Å². The summed E-state index contributed by atoms with van der Waals surface area (Å²) < 4.78 is 14.8. The van der Waals surface area contributed by atoms with Crippen LogP contribution in [0.15, 0.2) is 72.8 Å². The van der Waals surface area contributed by atoms with Crippen molar-refractivity contribution < 1.29 is 24.0 Å². The van der Waals surface area contributed by atoms with E-state index in [4.69, 9.17) is 5.21 Å². The Morgan fingerprint density at radius 1 is 0.833 bits per heavy atom. The highest BCUT2D eigenvalue weighted by atomic mass is 19.1. The molecular formula is C28H32FN3O4. The van der Waals surface area contributed by atoms with Crippen LogP contribution in [0.4, 0.5) is 10.1 Å². The predicted molar refractivity (Wildman–Crippen MR) is 137 cm³/mol. The average molecular weight is 494 g/mol. The summed E-state index contributed by atoms with van der Waals surface area (Å²) in [4.78, 5) is 38.2. The number of nitrogens with one attached hydrogen (secondary N) is 3. The molecule has 4 N–H and O–H groups in total. The number of amides is 3. The Hall–Kier alpha value is -3.78. The minimum atomic E-state index is -2.26. The smallest absolute Gasteiger partial charge is 0.278 e. The summed E-state index contributed by atoms with van der Waals surface area (Å²) in [6.07, 6.45) is -1.52. The first-order valence-electron chi connectivity index (χ1n) is 12.0. The molecule has 3 aromatic carbocycles. The lowest BCUT2D eigenvalue weighted by atomic mass is 9.92. The number of carbonyl (C=O) groups excluding carboxylic acids is 3. The third-order valence-corrected chi connectivity index (χ3v) is 6.03. The number of carbonyl (C=O) groups is 3. The van der Waals surface area contributed by atoms with E-state index >= 15 is 0 Å². The van der Waals surface area contributed by atoms with Gasteiger partial charge in [0, 0.05) is 12.1 Å². The molecule has 0 radical (unpaired) electrons. The second-order valence-corrected chi connectivity index (χ2v) is 9.26. The van der Waals surface area contributed by atoms with E-state index in [1.807, 2.05) is 62.4 Å². The van der Waals surface area contributed by atoms with E-state index in [2.05, 4.69) is 10.6 Å². The molecular weight excluding hydrogens is 461 g/mol. The quantitative estimate of drug-likeness (QED) is 0.235. The van der Waals surface area contributed by atoms with Crippen molar-refractivity contribution in [2.24, 2.45) is 11.8 Å². The van der Waals surface area contributed by atoms with Crippen molar-refractivity contribution in [3.63, 3.8) is 0 Å². The van der Waals surface area contributed by atoms with Gasteiger partial charge in [0.2, 0.25) is 11.8 Å². The molecule has 0 heterocycles. The van der Waals surface area contributed by atoms with Gasteiger partial charge < -0.3 is 10.6 Å². The lowest BCUT2D eigenvalue weighted by molar-refractivity contribution is -0.142. The maximum atomic E-state index is 14.8. The first-order valence-corrected chi connectivity index (χ1v) is 12.0. The molecule has 0 saturated carbocycles. The van der Waals surface area contributed by atoms with Crippen LogP contribution in [0.1, 0.15) is 32.3 Å². The largest absolute Gasteiger partial charge is 0.344 e.